The monoisotopic (exact) mass is 488 g/mol. The summed E-state index contributed by atoms with van der Waals surface area (Å²) in [5, 5.41) is 4.58. The van der Waals surface area contributed by atoms with Crippen molar-refractivity contribution in [2.75, 3.05) is 5.73 Å². The summed E-state index contributed by atoms with van der Waals surface area (Å²) >= 11 is 12.2. The Labute approximate surface area is 210 Å². The van der Waals surface area contributed by atoms with Crippen LogP contribution in [-0.4, -0.2) is 11.9 Å². The molecule has 3 N–H and O–H groups in total. The molecule has 2 atom stereocenters. The molecule has 0 aliphatic heterocycles. The molecule has 4 aromatic carbocycles. The smallest absolute Gasteiger partial charge is 0.251 e. The minimum Gasteiger partial charge on any atom is -0.398 e. The molecule has 5 heteroatoms. The van der Waals surface area contributed by atoms with Crippen molar-refractivity contribution in [3.63, 3.8) is 0 Å². The van der Waals surface area contributed by atoms with E-state index in [-0.39, 0.29) is 17.9 Å². The number of carbonyl (C=O) groups is 1. The fourth-order valence-electron chi connectivity index (χ4n) is 4.12. The highest BCUT2D eigenvalue weighted by Gasteiger charge is 2.22. The van der Waals surface area contributed by atoms with Gasteiger partial charge in [-0.1, -0.05) is 77.8 Å². The molecule has 0 aliphatic carbocycles. The maximum atomic E-state index is 13.1. The van der Waals surface area contributed by atoms with Crippen LogP contribution in [0.4, 0.5) is 5.69 Å². The average Bonchev–Trinajstić information content (AvgIpc) is 2.85. The lowest BCUT2D eigenvalue weighted by molar-refractivity contribution is 0.0934. The van der Waals surface area contributed by atoms with Crippen LogP contribution in [0.1, 0.15) is 34.3 Å². The van der Waals surface area contributed by atoms with Gasteiger partial charge in [-0.2, -0.15) is 0 Å². The summed E-state index contributed by atoms with van der Waals surface area (Å²) in [5.74, 6) is -0.0547. The highest BCUT2D eigenvalue weighted by atomic mass is 35.5. The summed E-state index contributed by atoms with van der Waals surface area (Å²) < 4.78 is 0. The third-order valence-electron chi connectivity index (χ3n) is 6.05. The Morgan fingerprint density at radius 3 is 2.03 bits per heavy atom. The van der Waals surface area contributed by atoms with Crippen LogP contribution in [0.15, 0.2) is 97.1 Å². The van der Waals surface area contributed by atoms with E-state index in [0.29, 0.717) is 21.3 Å². The van der Waals surface area contributed by atoms with Gasteiger partial charge in [-0.15, -0.1) is 0 Å². The Hall–Kier alpha value is -3.27. The Balaban J connectivity index is 1.52. The van der Waals surface area contributed by atoms with Gasteiger partial charge < -0.3 is 11.1 Å². The van der Waals surface area contributed by atoms with Gasteiger partial charge in [-0.05, 0) is 72.5 Å². The van der Waals surface area contributed by atoms with Gasteiger partial charge in [-0.25, -0.2) is 0 Å². The second-order valence-electron chi connectivity index (χ2n) is 8.42. The first-order valence-corrected chi connectivity index (χ1v) is 11.9. The Morgan fingerprint density at radius 2 is 1.41 bits per heavy atom. The van der Waals surface area contributed by atoms with Crippen molar-refractivity contribution in [1.29, 1.82) is 0 Å². The molecule has 0 saturated heterocycles. The zero-order valence-corrected chi connectivity index (χ0v) is 20.4. The Kier molecular flexibility index (Phi) is 7.56. The molecular weight excluding hydrogens is 463 g/mol. The standard InChI is InChI=1S/C29H26Cl2N2O/c1-19(27(22-12-16-25(31)17-13-22)18-20-6-14-24(30)15-7-20)33-29(34)23-10-8-21(9-11-23)26-4-2-3-5-28(26)32/h2-17,19,27H,18,32H2,1H3,(H,33,34). The molecule has 0 fully saturated rings. The third kappa shape index (κ3) is 5.80. The third-order valence-corrected chi connectivity index (χ3v) is 6.55. The Morgan fingerprint density at radius 1 is 0.824 bits per heavy atom. The molecule has 0 spiro atoms. The molecule has 1 amide bonds. The first-order chi connectivity index (χ1) is 16.4. The number of nitrogens with one attached hydrogen (secondary N) is 1. The van der Waals surface area contributed by atoms with E-state index in [1.165, 1.54) is 0 Å². The second kappa shape index (κ2) is 10.8. The summed E-state index contributed by atoms with van der Waals surface area (Å²) in [6.45, 7) is 2.03. The van der Waals surface area contributed by atoms with Crippen LogP contribution in [-0.2, 0) is 6.42 Å². The van der Waals surface area contributed by atoms with Gasteiger partial charge in [0.05, 0.1) is 0 Å². The van der Waals surface area contributed by atoms with E-state index in [0.717, 1.165) is 28.7 Å². The number of benzene rings is 4. The molecule has 34 heavy (non-hydrogen) atoms. The lowest BCUT2D eigenvalue weighted by Crippen LogP contribution is -2.37. The van der Waals surface area contributed by atoms with E-state index in [4.69, 9.17) is 28.9 Å². The molecule has 0 bridgehead atoms. The van der Waals surface area contributed by atoms with E-state index in [2.05, 4.69) is 5.32 Å². The number of rotatable bonds is 7. The topological polar surface area (TPSA) is 55.1 Å². The summed E-state index contributed by atoms with van der Waals surface area (Å²) in [6.07, 6.45) is 0.756. The zero-order chi connectivity index (χ0) is 24.1. The van der Waals surface area contributed by atoms with Crippen molar-refractivity contribution >= 4 is 34.8 Å². The van der Waals surface area contributed by atoms with Crippen molar-refractivity contribution in [1.82, 2.24) is 5.32 Å². The van der Waals surface area contributed by atoms with Gasteiger partial charge in [0.1, 0.15) is 0 Å². The highest BCUT2D eigenvalue weighted by Crippen LogP contribution is 2.28. The van der Waals surface area contributed by atoms with Crippen LogP contribution in [0.5, 0.6) is 0 Å². The predicted octanol–water partition coefficient (Wildman–Crippen LogP) is 7.39. The number of nitrogens with two attached hydrogens (primary N) is 1. The number of amides is 1. The van der Waals surface area contributed by atoms with Gasteiger partial charge in [0, 0.05) is 38.8 Å². The SMILES string of the molecule is CC(NC(=O)c1ccc(-c2ccccc2N)cc1)C(Cc1ccc(Cl)cc1)c1ccc(Cl)cc1. The predicted molar refractivity (Wildman–Crippen MR) is 143 cm³/mol. The first kappa shape index (κ1) is 23.9. The number of hydrogen-bond acceptors (Lipinski definition) is 2. The Bertz CT molecular complexity index is 1250. The molecule has 0 saturated carbocycles. The van der Waals surface area contributed by atoms with Crippen LogP contribution in [0.3, 0.4) is 0 Å². The van der Waals surface area contributed by atoms with Gasteiger partial charge >= 0.3 is 0 Å². The molecule has 0 aliphatic rings. The number of hydrogen-bond donors (Lipinski definition) is 2. The van der Waals surface area contributed by atoms with E-state index in [1.54, 1.807) is 0 Å². The number of carbonyl (C=O) groups excluding carboxylic acids is 1. The number of nitrogen functional groups attached to an aromatic ring is 1. The van der Waals surface area contributed by atoms with E-state index >= 15 is 0 Å². The molecule has 172 valence electrons. The van der Waals surface area contributed by atoms with Crippen LogP contribution in [0.2, 0.25) is 10.0 Å². The number of halogens is 2. The van der Waals surface area contributed by atoms with Gasteiger partial charge in [0.15, 0.2) is 0 Å². The second-order valence-corrected chi connectivity index (χ2v) is 9.29. The van der Waals surface area contributed by atoms with E-state index < -0.39 is 0 Å². The van der Waals surface area contributed by atoms with Crippen molar-refractivity contribution < 1.29 is 4.79 Å². The van der Waals surface area contributed by atoms with Gasteiger partial charge in [0.2, 0.25) is 0 Å². The molecule has 3 nitrogen and oxygen atoms in total. The lowest BCUT2D eigenvalue weighted by atomic mass is 9.86. The minimum absolute atomic E-state index is 0.0609. The number of para-hydroxylation sites is 1. The zero-order valence-electron chi connectivity index (χ0n) is 18.8. The van der Waals surface area contributed by atoms with Crippen LogP contribution in [0, 0.1) is 0 Å². The molecule has 2 unspecified atom stereocenters. The average molecular weight is 489 g/mol. The molecule has 0 radical (unpaired) electrons. The largest absolute Gasteiger partial charge is 0.398 e. The van der Waals surface area contributed by atoms with Crippen LogP contribution in [0.25, 0.3) is 11.1 Å². The van der Waals surface area contributed by atoms with E-state index in [9.17, 15) is 4.79 Å². The molecular formula is C29H26Cl2N2O. The van der Waals surface area contributed by atoms with Crippen LogP contribution < -0.4 is 11.1 Å². The van der Waals surface area contributed by atoms with Crippen molar-refractivity contribution in [2.24, 2.45) is 0 Å². The highest BCUT2D eigenvalue weighted by molar-refractivity contribution is 6.30. The quantitative estimate of drug-likeness (QED) is 0.266. The molecule has 4 rings (SSSR count). The van der Waals surface area contributed by atoms with Crippen molar-refractivity contribution in [3.8, 4) is 11.1 Å². The summed E-state index contributed by atoms with van der Waals surface area (Å²) in [6, 6.07) is 30.7. The van der Waals surface area contributed by atoms with Gasteiger partial charge in [-0.3, -0.25) is 4.79 Å². The summed E-state index contributed by atoms with van der Waals surface area (Å²) in [7, 11) is 0. The van der Waals surface area contributed by atoms with Crippen molar-refractivity contribution in [2.45, 2.75) is 25.3 Å². The van der Waals surface area contributed by atoms with Crippen LogP contribution >= 0.6 is 23.2 Å². The molecule has 0 heterocycles. The van der Waals surface area contributed by atoms with Gasteiger partial charge in [0.25, 0.3) is 5.91 Å². The first-order valence-electron chi connectivity index (χ1n) is 11.2. The fraction of sp³-hybridized carbons (Fsp3) is 0.138. The molecule has 0 aromatic heterocycles. The molecule has 4 aromatic rings. The van der Waals surface area contributed by atoms with Crippen molar-refractivity contribution in [3.05, 3.63) is 124 Å². The fourth-order valence-corrected chi connectivity index (χ4v) is 4.37. The van der Waals surface area contributed by atoms with E-state index in [1.807, 2.05) is 104 Å². The minimum atomic E-state index is -0.117. The lowest BCUT2D eigenvalue weighted by Gasteiger charge is -2.26. The summed E-state index contributed by atoms with van der Waals surface area (Å²) in [4.78, 5) is 13.1. The maximum absolute atomic E-state index is 13.1. The maximum Gasteiger partial charge on any atom is 0.251 e. The number of anilines is 1. The normalized spacial score (nSPS) is 12.7. The summed E-state index contributed by atoms with van der Waals surface area (Å²) in [5.41, 5.74) is 11.6.